The highest BCUT2D eigenvalue weighted by Crippen LogP contribution is 2.19. The van der Waals surface area contributed by atoms with Gasteiger partial charge in [0.15, 0.2) is 0 Å². The smallest absolute Gasteiger partial charge is 0.0593 e. The van der Waals surface area contributed by atoms with Gasteiger partial charge in [-0.1, -0.05) is 13.3 Å². The second-order valence-electron chi connectivity index (χ2n) is 4.40. The van der Waals surface area contributed by atoms with Crippen LogP contribution in [0.1, 0.15) is 19.8 Å². The van der Waals surface area contributed by atoms with Gasteiger partial charge in [-0.05, 0) is 18.9 Å². The normalized spacial score (nSPS) is 35.8. The van der Waals surface area contributed by atoms with Gasteiger partial charge in [0.25, 0.3) is 0 Å². The lowest BCUT2D eigenvalue weighted by Gasteiger charge is -2.30. The average molecular weight is 198 g/mol. The van der Waals surface area contributed by atoms with E-state index < -0.39 is 0 Å². The molecule has 0 radical (unpaired) electrons. The molecule has 2 unspecified atom stereocenters. The minimum atomic E-state index is 0.765. The maximum Gasteiger partial charge on any atom is 0.0593 e. The molecule has 0 aromatic carbocycles. The van der Waals surface area contributed by atoms with Gasteiger partial charge in [-0.2, -0.15) is 0 Å². The summed E-state index contributed by atoms with van der Waals surface area (Å²) in [6, 6.07) is 0.765. The number of ether oxygens (including phenoxy) is 1. The average Bonchev–Trinajstić information content (AvgIpc) is 2.52. The van der Waals surface area contributed by atoms with E-state index in [0.717, 1.165) is 31.7 Å². The Bertz CT molecular complexity index is 167. The molecule has 3 nitrogen and oxygen atoms in total. The van der Waals surface area contributed by atoms with Crippen LogP contribution in [0.2, 0.25) is 0 Å². The molecule has 2 aliphatic heterocycles. The van der Waals surface area contributed by atoms with Crippen LogP contribution in [-0.4, -0.2) is 50.3 Å². The summed E-state index contributed by atoms with van der Waals surface area (Å²) in [4.78, 5) is 2.63. The van der Waals surface area contributed by atoms with Crippen molar-refractivity contribution in [2.75, 3.05) is 39.4 Å². The Morgan fingerprint density at radius 2 is 2.21 bits per heavy atom. The van der Waals surface area contributed by atoms with E-state index in [9.17, 15) is 0 Å². The van der Waals surface area contributed by atoms with Gasteiger partial charge < -0.3 is 10.1 Å². The van der Waals surface area contributed by atoms with Crippen molar-refractivity contribution in [1.82, 2.24) is 10.2 Å². The molecule has 0 aromatic rings. The lowest BCUT2D eigenvalue weighted by Crippen LogP contribution is -2.42. The summed E-state index contributed by atoms with van der Waals surface area (Å²) in [6.07, 6.45) is 2.50. The van der Waals surface area contributed by atoms with E-state index in [0.29, 0.717) is 0 Å². The lowest BCUT2D eigenvalue weighted by atomic mass is 9.99. The second-order valence-corrected chi connectivity index (χ2v) is 4.40. The van der Waals surface area contributed by atoms with Crippen molar-refractivity contribution in [2.45, 2.75) is 25.8 Å². The zero-order valence-electron chi connectivity index (χ0n) is 9.17. The largest absolute Gasteiger partial charge is 0.380 e. The summed E-state index contributed by atoms with van der Waals surface area (Å²) in [5.74, 6) is 0.855. The van der Waals surface area contributed by atoms with Crippen LogP contribution in [0.15, 0.2) is 0 Å². The summed E-state index contributed by atoms with van der Waals surface area (Å²) in [5, 5.41) is 3.51. The van der Waals surface area contributed by atoms with E-state index in [1.807, 2.05) is 0 Å². The third-order valence-electron chi connectivity index (χ3n) is 3.55. The molecular weight excluding hydrogens is 176 g/mol. The zero-order valence-corrected chi connectivity index (χ0v) is 9.17. The van der Waals surface area contributed by atoms with E-state index in [1.165, 1.54) is 32.5 Å². The summed E-state index contributed by atoms with van der Waals surface area (Å²) in [6.45, 7) is 8.92. The van der Waals surface area contributed by atoms with Gasteiger partial charge in [-0.25, -0.2) is 0 Å². The number of nitrogens with one attached hydrogen (secondary N) is 1. The van der Waals surface area contributed by atoms with Crippen LogP contribution in [-0.2, 0) is 4.74 Å². The fourth-order valence-corrected chi connectivity index (χ4v) is 2.66. The van der Waals surface area contributed by atoms with Crippen molar-refractivity contribution in [2.24, 2.45) is 5.92 Å². The van der Waals surface area contributed by atoms with E-state index in [1.54, 1.807) is 0 Å². The molecule has 1 N–H and O–H groups in total. The first kappa shape index (κ1) is 10.4. The molecule has 2 aliphatic rings. The highest BCUT2D eigenvalue weighted by atomic mass is 16.5. The van der Waals surface area contributed by atoms with E-state index in [2.05, 4.69) is 17.1 Å². The lowest BCUT2D eigenvalue weighted by molar-refractivity contribution is 0.125. The van der Waals surface area contributed by atoms with Crippen LogP contribution in [0, 0.1) is 5.92 Å². The van der Waals surface area contributed by atoms with Crippen molar-refractivity contribution < 1.29 is 4.74 Å². The molecule has 2 saturated heterocycles. The third kappa shape index (κ3) is 2.27. The Balaban J connectivity index is 1.91. The molecule has 0 bridgehead atoms. The molecule has 0 aromatic heterocycles. The molecule has 2 heterocycles. The molecule has 0 saturated carbocycles. The maximum absolute atomic E-state index is 5.49. The van der Waals surface area contributed by atoms with Crippen molar-refractivity contribution in [1.29, 1.82) is 0 Å². The van der Waals surface area contributed by atoms with Crippen molar-refractivity contribution in [3.05, 3.63) is 0 Å². The van der Waals surface area contributed by atoms with Gasteiger partial charge in [0.1, 0.15) is 0 Å². The highest BCUT2D eigenvalue weighted by Gasteiger charge is 2.30. The number of hydrogen-bond acceptors (Lipinski definition) is 3. The van der Waals surface area contributed by atoms with Gasteiger partial charge in [0.2, 0.25) is 0 Å². The minimum absolute atomic E-state index is 0.765. The van der Waals surface area contributed by atoms with Crippen LogP contribution in [0.25, 0.3) is 0 Å². The molecule has 3 heteroatoms. The number of hydrogen-bond donors (Lipinski definition) is 1. The topological polar surface area (TPSA) is 24.5 Å². The molecule has 0 aliphatic carbocycles. The molecule has 2 fully saturated rings. The first-order valence-corrected chi connectivity index (χ1v) is 5.94. The molecule has 2 rings (SSSR count). The van der Waals surface area contributed by atoms with Gasteiger partial charge in [-0.3, -0.25) is 4.90 Å². The van der Waals surface area contributed by atoms with Crippen molar-refractivity contribution >= 4 is 0 Å². The van der Waals surface area contributed by atoms with E-state index >= 15 is 0 Å². The Kier molecular flexibility index (Phi) is 3.79. The van der Waals surface area contributed by atoms with Crippen molar-refractivity contribution in [3.63, 3.8) is 0 Å². The SMILES string of the molecule is CCC1CNCC1N1CCCOCC1. The molecule has 14 heavy (non-hydrogen) atoms. The van der Waals surface area contributed by atoms with E-state index in [4.69, 9.17) is 4.74 Å². The van der Waals surface area contributed by atoms with Crippen LogP contribution < -0.4 is 5.32 Å². The van der Waals surface area contributed by atoms with Gasteiger partial charge in [0, 0.05) is 32.3 Å². The standard InChI is InChI=1S/C11H22N2O/c1-2-10-8-12-9-11(10)13-4-3-6-14-7-5-13/h10-12H,2-9H2,1H3. The van der Waals surface area contributed by atoms with Gasteiger partial charge in [0.05, 0.1) is 6.61 Å². The van der Waals surface area contributed by atoms with Crippen molar-refractivity contribution in [3.8, 4) is 0 Å². The molecule has 0 spiro atoms. The maximum atomic E-state index is 5.49. The monoisotopic (exact) mass is 198 g/mol. The minimum Gasteiger partial charge on any atom is -0.380 e. The Hall–Kier alpha value is -0.120. The molecular formula is C11H22N2O. The van der Waals surface area contributed by atoms with E-state index in [-0.39, 0.29) is 0 Å². The second kappa shape index (κ2) is 5.10. The quantitative estimate of drug-likeness (QED) is 0.707. The van der Waals surface area contributed by atoms with Crippen LogP contribution >= 0.6 is 0 Å². The first-order valence-electron chi connectivity index (χ1n) is 5.94. The summed E-state index contributed by atoms with van der Waals surface area (Å²) in [7, 11) is 0. The number of rotatable bonds is 2. The fourth-order valence-electron chi connectivity index (χ4n) is 2.66. The molecule has 0 amide bonds. The first-order chi connectivity index (χ1) is 6.92. The Labute approximate surface area is 86.8 Å². The molecule has 2 atom stereocenters. The Morgan fingerprint density at radius 3 is 3.07 bits per heavy atom. The predicted molar refractivity (Wildman–Crippen MR) is 57.4 cm³/mol. The number of nitrogens with zero attached hydrogens (tertiary/aromatic N) is 1. The summed E-state index contributed by atoms with van der Waals surface area (Å²) < 4.78 is 5.49. The Morgan fingerprint density at radius 1 is 1.29 bits per heavy atom. The third-order valence-corrected chi connectivity index (χ3v) is 3.55. The summed E-state index contributed by atoms with van der Waals surface area (Å²) in [5.41, 5.74) is 0. The molecule has 82 valence electrons. The van der Waals surface area contributed by atoms with Crippen LogP contribution in [0.3, 0.4) is 0 Å². The van der Waals surface area contributed by atoms with Crippen LogP contribution in [0.4, 0.5) is 0 Å². The summed E-state index contributed by atoms with van der Waals surface area (Å²) >= 11 is 0. The zero-order chi connectivity index (χ0) is 9.80. The predicted octanol–water partition coefficient (Wildman–Crippen LogP) is 0.707. The highest BCUT2D eigenvalue weighted by molar-refractivity contribution is 4.88. The van der Waals surface area contributed by atoms with Gasteiger partial charge >= 0.3 is 0 Å². The fraction of sp³-hybridized carbons (Fsp3) is 1.00. The van der Waals surface area contributed by atoms with Gasteiger partial charge in [-0.15, -0.1) is 0 Å². The van der Waals surface area contributed by atoms with Crippen LogP contribution in [0.5, 0.6) is 0 Å².